The summed E-state index contributed by atoms with van der Waals surface area (Å²) in [6.07, 6.45) is 4.99. The van der Waals surface area contributed by atoms with Crippen LogP contribution in [-0.2, 0) is 0 Å². The van der Waals surface area contributed by atoms with Gasteiger partial charge >= 0.3 is 0 Å². The van der Waals surface area contributed by atoms with E-state index in [1.807, 2.05) is 0 Å². The first kappa shape index (κ1) is 12.1. The number of rotatable bonds is 5. The highest BCUT2D eigenvalue weighted by atomic mass is 16.1. The van der Waals surface area contributed by atoms with E-state index in [9.17, 15) is 4.79 Å². The lowest BCUT2D eigenvalue weighted by Crippen LogP contribution is -2.38. The van der Waals surface area contributed by atoms with Crippen molar-refractivity contribution in [3.8, 4) is 0 Å². The standard InChI is InChI=1S/C12H20N4O/c1-2-6-16(8-10-4-3-5-13-10)11-7-12(17)15-9-14-11/h7,9-10,13H,2-6,8H2,1H3,(H,14,15,17). The van der Waals surface area contributed by atoms with Gasteiger partial charge in [-0.25, -0.2) is 4.98 Å². The Hall–Kier alpha value is -1.36. The zero-order valence-electron chi connectivity index (χ0n) is 10.3. The van der Waals surface area contributed by atoms with Crippen LogP contribution in [0.4, 0.5) is 5.82 Å². The van der Waals surface area contributed by atoms with Gasteiger partial charge in [0, 0.05) is 25.2 Å². The molecular weight excluding hydrogens is 216 g/mol. The fourth-order valence-electron chi connectivity index (χ4n) is 2.28. The summed E-state index contributed by atoms with van der Waals surface area (Å²) in [4.78, 5) is 20.3. The third-order valence-corrected chi connectivity index (χ3v) is 3.08. The van der Waals surface area contributed by atoms with Crippen LogP contribution in [0.2, 0.25) is 0 Å². The predicted molar refractivity (Wildman–Crippen MR) is 68.4 cm³/mol. The molecule has 0 aromatic carbocycles. The summed E-state index contributed by atoms with van der Waals surface area (Å²) in [5, 5.41) is 3.47. The van der Waals surface area contributed by atoms with E-state index in [0.29, 0.717) is 6.04 Å². The van der Waals surface area contributed by atoms with Gasteiger partial charge in [-0.15, -0.1) is 0 Å². The van der Waals surface area contributed by atoms with Gasteiger partial charge in [-0.3, -0.25) is 4.79 Å². The van der Waals surface area contributed by atoms with Crippen LogP contribution in [0.25, 0.3) is 0 Å². The number of hydrogen-bond acceptors (Lipinski definition) is 4. The molecule has 1 unspecified atom stereocenters. The molecule has 2 heterocycles. The second kappa shape index (κ2) is 5.82. The van der Waals surface area contributed by atoms with E-state index in [1.165, 1.54) is 19.2 Å². The van der Waals surface area contributed by atoms with E-state index in [4.69, 9.17) is 0 Å². The number of anilines is 1. The van der Waals surface area contributed by atoms with Crippen LogP contribution in [0.1, 0.15) is 26.2 Å². The molecule has 1 aromatic heterocycles. The van der Waals surface area contributed by atoms with Crippen molar-refractivity contribution in [2.75, 3.05) is 24.5 Å². The minimum atomic E-state index is -0.0875. The van der Waals surface area contributed by atoms with E-state index in [-0.39, 0.29) is 5.56 Å². The zero-order valence-corrected chi connectivity index (χ0v) is 10.3. The average Bonchev–Trinajstić information content (AvgIpc) is 2.81. The van der Waals surface area contributed by atoms with Gasteiger partial charge in [0.05, 0.1) is 6.33 Å². The maximum Gasteiger partial charge on any atom is 0.252 e. The van der Waals surface area contributed by atoms with Crippen molar-refractivity contribution in [2.24, 2.45) is 0 Å². The summed E-state index contributed by atoms with van der Waals surface area (Å²) in [6.45, 7) is 5.12. The molecule has 1 aliphatic heterocycles. The van der Waals surface area contributed by atoms with Crippen LogP contribution in [0, 0.1) is 0 Å². The van der Waals surface area contributed by atoms with E-state index >= 15 is 0 Å². The predicted octanol–water partition coefficient (Wildman–Crippen LogP) is 0.738. The Morgan fingerprint density at radius 1 is 1.59 bits per heavy atom. The molecule has 1 aliphatic rings. The molecule has 1 saturated heterocycles. The topological polar surface area (TPSA) is 61.0 Å². The van der Waals surface area contributed by atoms with Crippen molar-refractivity contribution in [1.82, 2.24) is 15.3 Å². The Bertz CT molecular complexity index is 397. The van der Waals surface area contributed by atoms with E-state index in [1.54, 1.807) is 6.07 Å². The van der Waals surface area contributed by atoms with Crippen molar-refractivity contribution in [3.05, 3.63) is 22.7 Å². The van der Waals surface area contributed by atoms with Crippen molar-refractivity contribution in [1.29, 1.82) is 0 Å². The molecule has 94 valence electrons. The molecule has 0 amide bonds. The van der Waals surface area contributed by atoms with Crippen molar-refractivity contribution in [3.63, 3.8) is 0 Å². The number of hydrogen-bond donors (Lipinski definition) is 2. The summed E-state index contributed by atoms with van der Waals surface area (Å²) >= 11 is 0. The van der Waals surface area contributed by atoms with Gasteiger partial charge in [0.15, 0.2) is 0 Å². The van der Waals surface area contributed by atoms with Crippen LogP contribution in [0.3, 0.4) is 0 Å². The summed E-state index contributed by atoms with van der Waals surface area (Å²) in [5.41, 5.74) is -0.0875. The first-order valence-corrected chi connectivity index (χ1v) is 6.32. The first-order chi connectivity index (χ1) is 8.29. The summed E-state index contributed by atoms with van der Waals surface area (Å²) < 4.78 is 0. The Kier molecular flexibility index (Phi) is 4.14. The molecule has 2 N–H and O–H groups in total. The Morgan fingerprint density at radius 3 is 3.12 bits per heavy atom. The maximum absolute atomic E-state index is 11.3. The van der Waals surface area contributed by atoms with Crippen LogP contribution < -0.4 is 15.8 Å². The number of aromatic amines is 1. The molecule has 0 saturated carbocycles. The molecule has 1 aromatic rings. The van der Waals surface area contributed by atoms with Gasteiger partial charge in [0.2, 0.25) is 0 Å². The fraction of sp³-hybridized carbons (Fsp3) is 0.667. The fourth-order valence-corrected chi connectivity index (χ4v) is 2.28. The SMILES string of the molecule is CCCN(CC1CCCN1)c1cc(=O)[nH]cn1. The van der Waals surface area contributed by atoms with Gasteiger partial charge in [0.25, 0.3) is 5.56 Å². The second-order valence-corrected chi connectivity index (χ2v) is 4.51. The highest BCUT2D eigenvalue weighted by Gasteiger charge is 2.18. The molecule has 0 radical (unpaired) electrons. The molecule has 0 spiro atoms. The maximum atomic E-state index is 11.3. The number of nitrogens with one attached hydrogen (secondary N) is 2. The van der Waals surface area contributed by atoms with Crippen LogP contribution in [-0.4, -0.2) is 35.6 Å². The van der Waals surface area contributed by atoms with Crippen LogP contribution in [0.15, 0.2) is 17.2 Å². The highest BCUT2D eigenvalue weighted by Crippen LogP contribution is 2.12. The summed E-state index contributed by atoms with van der Waals surface area (Å²) in [7, 11) is 0. The van der Waals surface area contributed by atoms with Crippen LogP contribution in [0.5, 0.6) is 0 Å². The third-order valence-electron chi connectivity index (χ3n) is 3.08. The lowest BCUT2D eigenvalue weighted by atomic mass is 10.2. The quantitative estimate of drug-likeness (QED) is 0.791. The van der Waals surface area contributed by atoms with E-state index < -0.39 is 0 Å². The molecule has 5 heteroatoms. The molecule has 1 atom stereocenters. The third kappa shape index (κ3) is 3.30. The van der Waals surface area contributed by atoms with Gasteiger partial charge in [-0.1, -0.05) is 6.92 Å². The molecule has 1 fully saturated rings. The minimum Gasteiger partial charge on any atom is -0.355 e. The summed E-state index contributed by atoms with van der Waals surface area (Å²) in [5.74, 6) is 0.782. The lowest BCUT2D eigenvalue weighted by Gasteiger charge is -2.26. The van der Waals surface area contributed by atoms with Gasteiger partial charge in [-0.05, 0) is 25.8 Å². The monoisotopic (exact) mass is 236 g/mol. The minimum absolute atomic E-state index is 0.0875. The normalized spacial score (nSPS) is 19.5. The average molecular weight is 236 g/mol. The van der Waals surface area contributed by atoms with E-state index in [0.717, 1.165) is 31.9 Å². The number of nitrogens with zero attached hydrogens (tertiary/aromatic N) is 2. The molecule has 17 heavy (non-hydrogen) atoms. The molecule has 2 rings (SSSR count). The smallest absolute Gasteiger partial charge is 0.252 e. The van der Waals surface area contributed by atoms with Crippen molar-refractivity contribution in [2.45, 2.75) is 32.2 Å². The van der Waals surface area contributed by atoms with Crippen molar-refractivity contribution >= 4 is 5.82 Å². The van der Waals surface area contributed by atoms with Crippen molar-refractivity contribution < 1.29 is 0 Å². The molecular formula is C12H20N4O. The first-order valence-electron chi connectivity index (χ1n) is 6.32. The molecule has 5 nitrogen and oxygen atoms in total. The molecule has 0 bridgehead atoms. The van der Waals surface area contributed by atoms with Gasteiger partial charge < -0.3 is 15.2 Å². The number of aromatic nitrogens is 2. The zero-order chi connectivity index (χ0) is 12.1. The Morgan fingerprint density at radius 2 is 2.47 bits per heavy atom. The Balaban J connectivity index is 2.07. The largest absolute Gasteiger partial charge is 0.355 e. The Labute approximate surface area is 101 Å². The van der Waals surface area contributed by atoms with Crippen LogP contribution >= 0.6 is 0 Å². The van der Waals surface area contributed by atoms with Gasteiger partial charge in [0.1, 0.15) is 5.82 Å². The van der Waals surface area contributed by atoms with Gasteiger partial charge in [-0.2, -0.15) is 0 Å². The lowest BCUT2D eigenvalue weighted by molar-refractivity contribution is 0.575. The second-order valence-electron chi connectivity index (χ2n) is 4.51. The molecule has 0 aliphatic carbocycles. The van der Waals surface area contributed by atoms with E-state index in [2.05, 4.69) is 27.1 Å². The highest BCUT2D eigenvalue weighted by molar-refractivity contribution is 5.36. The summed E-state index contributed by atoms with van der Waals surface area (Å²) in [6, 6.07) is 2.10. The number of H-pyrrole nitrogens is 1.